The van der Waals surface area contributed by atoms with Gasteiger partial charge in [-0.2, -0.15) is 0 Å². The lowest BCUT2D eigenvalue weighted by atomic mass is 10.1. The molecule has 0 aliphatic carbocycles. The molecule has 0 spiro atoms. The Labute approximate surface area is 132 Å². The number of amides is 1. The van der Waals surface area contributed by atoms with Gasteiger partial charge in [-0.1, -0.05) is 0 Å². The van der Waals surface area contributed by atoms with Gasteiger partial charge >= 0.3 is 0 Å². The van der Waals surface area contributed by atoms with Crippen LogP contribution in [0.5, 0.6) is 0 Å². The molecule has 0 bridgehead atoms. The van der Waals surface area contributed by atoms with E-state index in [2.05, 4.69) is 0 Å². The number of sulfonamides is 1. The number of halogens is 3. The van der Waals surface area contributed by atoms with Crippen LogP contribution in [-0.4, -0.2) is 45.1 Å². The fourth-order valence-electron chi connectivity index (χ4n) is 2.46. The lowest BCUT2D eigenvalue weighted by Gasteiger charge is -2.30. The van der Waals surface area contributed by atoms with Gasteiger partial charge < -0.3 is 4.90 Å². The first-order valence-corrected chi connectivity index (χ1v) is 8.95. The fraction of sp³-hybridized carbons (Fsp3) is 0.500. The van der Waals surface area contributed by atoms with Crippen molar-refractivity contribution in [2.75, 3.05) is 30.2 Å². The molecule has 23 heavy (non-hydrogen) atoms. The lowest BCUT2D eigenvalue weighted by Crippen LogP contribution is -2.44. The summed E-state index contributed by atoms with van der Waals surface area (Å²) < 4.78 is 64.5. The summed E-state index contributed by atoms with van der Waals surface area (Å²) in [4.78, 5) is 13.7. The van der Waals surface area contributed by atoms with Crippen LogP contribution in [0, 0.1) is 17.5 Å². The van der Waals surface area contributed by atoms with Crippen molar-refractivity contribution >= 4 is 21.6 Å². The van der Waals surface area contributed by atoms with Crippen LogP contribution in [0.1, 0.15) is 19.3 Å². The maximum atomic E-state index is 13.9. The Kier molecular flexibility index (Phi) is 5.18. The van der Waals surface area contributed by atoms with E-state index >= 15 is 0 Å². The predicted molar refractivity (Wildman–Crippen MR) is 78.9 cm³/mol. The van der Waals surface area contributed by atoms with Crippen molar-refractivity contribution in [3.63, 3.8) is 0 Å². The summed E-state index contributed by atoms with van der Waals surface area (Å²) in [6.07, 6.45) is 3.38. The third kappa shape index (κ3) is 3.95. The zero-order valence-electron chi connectivity index (χ0n) is 12.6. The van der Waals surface area contributed by atoms with Gasteiger partial charge in [0.25, 0.3) is 0 Å². The highest BCUT2D eigenvalue weighted by Gasteiger charge is 2.28. The second-order valence-corrected chi connectivity index (χ2v) is 7.31. The molecule has 0 atom stereocenters. The molecule has 0 saturated carbocycles. The molecular formula is C14H17F3N2O3S. The number of piperidine rings is 1. The standard InChI is InChI=1S/C14H17F3N2O3S/c1-23(21,22)19(9-12(20)18-7-3-2-4-8-18)11-6-5-10(15)13(16)14(11)17/h5-6H,2-4,7-9H2,1H3. The maximum absolute atomic E-state index is 13.9. The van der Waals surface area contributed by atoms with E-state index in [0.717, 1.165) is 31.6 Å². The predicted octanol–water partition coefficient (Wildman–Crippen LogP) is 1.88. The Bertz CT molecular complexity index is 703. The van der Waals surface area contributed by atoms with Gasteiger partial charge in [0.15, 0.2) is 17.5 Å². The summed E-state index contributed by atoms with van der Waals surface area (Å²) in [6, 6.07) is 1.43. The van der Waals surface area contributed by atoms with Crippen LogP contribution in [0.15, 0.2) is 12.1 Å². The minimum atomic E-state index is -4.05. The molecule has 0 radical (unpaired) electrons. The number of hydrogen-bond donors (Lipinski definition) is 0. The number of carbonyl (C=O) groups is 1. The Hall–Kier alpha value is -1.77. The van der Waals surface area contributed by atoms with Crippen LogP contribution in [0.4, 0.5) is 18.9 Å². The van der Waals surface area contributed by atoms with Gasteiger partial charge in [0, 0.05) is 13.1 Å². The summed E-state index contributed by atoms with van der Waals surface area (Å²) in [6.45, 7) is 0.341. The molecule has 1 amide bonds. The molecule has 0 N–H and O–H groups in total. The van der Waals surface area contributed by atoms with Crippen LogP contribution in [0.2, 0.25) is 0 Å². The zero-order valence-corrected chi connectivity index (χ0v) is 13.4. The highest BCUT2D eigenvalue weighted by Crippen LogP contribution is 2.25. The Morgan fingerprint density at radius 2 is 1.74 bits per heavy atom. The van der Waals surface area contributed by atoms with Crippen LogP contribution in [0.3, 0.4) is 0 Å². The second-order valence-electron chi connectivity index (χ2n) is 5.41. The first-order valence-electron chi connectivity index (χ1n) is 7.11. The number of likely N-dealkylation sites (tertiary alicyclic amines) is 1. The van der Waals surface area contributed by atoms with Gasteiger partial charge in [-0.05, 0) is 31.4 Å². The molecule has 9 heteroatoms. The van der Waals surface area contributed by atoms with Crippen molar-refractivity contribution in [2.45, 2.75) is 19.3 Å². The van der Waals surface area contributed by atoms with Crippen LogP contribution >= 0.6 is 0 Å². The summed E-state index contributed by atoms with van der Waals surface area (Å²) >= 11 is 0. The molecule has 1 saturated heterocycles. The molecule has 1 aliphatic rings. The summed E-state index contributed by atoms with van der Waals surface area (Å²) in [5.74, 6) is -5.34. The molecule has 0 unspecified atom stereocenters. The van der Waals surface area contributed by atoms with Gasteiger partial charge in [0.1, 0.15) is 6.54 Å². The normalized spacial score (nSPS) is 15.6. The first kappa shape index (κ1) is 17.6. The number of benzene rings is 1. The third-order valence-corrected chi connectivity index (χ3v) is 4.80. The van der Waals surface area contributed by atoms with E-state index in [9.17, 15) is 26.4 Å². The van der Waals surface area contributed by atoms with Gasteiger partial charge in [0.2, 0.25) is 15.9 Å². The Morgan fingerprint density at radius 3 is 2.30 bits per heavy atom. The molecular weight excluding hydrogens is 333 g/mol. The van der Waals surface area contributed by atoms with Crippen LogP contribution in [-0.2, 0) is 14.8 Å². The highest BCUT2D eigenvalue weighted by molar-refractivity contribution is 7.92. The average molecular weight is 350 g/mol. The van der Waals surface area contributed by atoms with E-state index in [1.54, 1.807) is 0 Å². The molecule has 1 heterocycles. The zero-order chi connectivity index (χ0) is 17.2. The Balaban J connectivity index is 2.32. The van der Waals surface area contributed by atoms with Gasteiger partial charge in [0.05, 0.1) is 11.9 Å². The number of anilines is 1. The summed E-state index contributed by atoms with van der Waals surface area (Å²) in [7, 11) is -4.05. The monoisotopic (exact) mass is 350 g/mol. The van der Waals surface area contributed by atoms with Gasteiger partial charge in [-0.15, -0.1) is 0 Å². The molecule has 1 aromatic carbocycles. The van der Waals surface area contributed by atoms with Crippen molar-refractivity contribution in [1.82, 2.24) is 4.90 Å². The van der Waals surface area contributed by atoms with Crippen molar-refractivity contribution in [3.8, 4) is 0 Å². The summed E-state index contributed by atoms with van der Waals surface area (Å²) in [5.41, 5.74) is -0.684. The number of rotatable bonds is 4. The van der Waals surface area contributed by atoms with Gasteiger partial charge in [-0.3, -0.25) is 9.10 Å². The van der Waals surface area contributed by atoms with Crippen LogP contribution < -0.4 is 4.31 Å². The quantitative estimate of drug-likeness (QED) is 0.779. The van der Waals surface area contributed by atoms with Crippen molar-refractivity contribution in [2.24, 2.45) is 0 Å². The fourth-order valence-corrected chi connectivity index (χ4v) is 3.30. The third-order valence-electron chi connectivity index (χ3n) is 3.67. The maximum Gasteiger partial charge on any atom is 0.243 e. The minimum absolute atomic E-state index is 0.460. The molecule has 1 fully saturated rings. The van der Waals surface area contributed by atoms with E-state index in [0.29, 0.717) is 23.5 Å². The van der Waals surface area contributed by atoms with E-state index in [-0.39, 0.29) is 0 Å². The smallest absolute Gasteiger partial charge is 0.243 e. The van der Waals surface area contributed by atoms with E-state index in [4.69, 9.17) is 0 Å². The number of nitrogens with zero attached hydrogens (tertiary/aromatic N) is 2. The molecule has 5 nitrogen and oxygen atoms in total. The van der Waals surface area contributed by atoms with E-state index in [1.165, 1.54) is 4.90 Å². The van der Waals surface area contributed by atoms with Gasteiger partial charge in [-0.25, -0.2) is 21.6 Å². The summed E-state index contributed by atoms with van der Waals surface area (Å²) in [5, 5.41) is 0. The largest absolute Gasteiger partial charge is 0.341 e. The SMILES string of the molecule is CS(=O)(=O)N(CC(=O)N1CCCCC1)c1ccc(F)c(F)c1F. The van der Waals surface area contributed by atoms with Crippen molar-refractivity contribution < 1.29 is 26.4 Å². The number of hydrogen-bond acceptors (Lipinski definition) is 3. The first-order chi connectivity index (χ1) is 10.7. The lowest BCUT2D eigenvalue weighted by molar-refractivity contribution is -0.130. The molecule has 0 aromatic heterocycles. The van der Waals surface area contributed by atoms with E-state index in [1.807, 2.05) is 0 Å². The number of carbonyl (C=O) groups excluding carboxylic acids is 1. The van der Waals surface area contributed by atoms with Crippen molar-refractivity contribution in [3.05, 3.63) is 29.6 Å². The molecule has 128 valence electrons. The topological polar surface area (TPSA) is 57.7 Å². The molecule has 1 aromatic rings. The average Bonchev–Trinajstić information content (AvgIpc) is 2.51. The Morgan fingerprint density at radius 1 is 1.13 bits per heavy atom. The molecule has 2 rings (SSSR count). The minimum Gasteiger partial charge on any atom is -0.341 e. The van der Waals surface area contributed by atoms with Crippen molar-refractivity contribution in [1.29, 1.82) is 0 Å². The second kappa shape index (κ2) is 6.77. The van der Waals surface area contributed by atoms with E-state index < -0.39 is 45.6 Å². The van der Waals surface area contributed by atoms with Crippen LogP contribution in [0.25, 0.3) is 0 Å². The molecule has 1 aliphatic heterocycles. The highest BCUT2D eigenvalue weighted by atomic mass is 32.2.